The molecule has 0 aromatic rings. The molecular weight excluding hydrogens is 150 g/mol. The van der Waals surface area contributed by atoms with Crippen molar-refractivity contribution in [2.75, 3.05) is 7.11 Å². The van der Waals surface area contributed by atoms with Gasteiger partial charge in [-0.15, -0.1) is 0 Å². The van der Waals surface area contributed by atoms with E-state index in [4.69, 9.17) is 22.1 Å². The van der Waals surface area contributed by atoms with Crippen molar-refractivity contribution in [2.24, 2.45) is 5.73 Å². The van der Waals surface area contributed by atoms with Crippen molar-refractivity contribution in [2.45, 2.75) is 11.4 Å². The Morgan fingerprint density at radius 3 is 2.90 bits per heavy atom. The van der Waals surface area contributed by atoms with Gasteiger partial charge in [0, 0.05) is 6.42 Å². The maximum atomic E-state index is 5.79. The van der Waals surface area contributed by atoms with Crippen molar-refractivity contribution < 1.29 is 4.74 Å². The van der Waals surface area contributed by atoms with E-state index in [1.807, 2.05) is 6.08 Å². The van der Waals surface area contributed by atoms with Crippen LogP contribution in [0.5, 0.6) is 0 Å². The van der Waals surface area contributed by atoms with Crippen LogP contribution in [0.1, 0.15) is 6.42 Å². The zero-order valence-electron chi connectivity index (χ0n) is 5.80. The van der Waals surface area contributed by atoms with E-state index in [2.05, 4.69) is 0 Å². The average Bonchev–Trinajstić information content (AvgIpc) is 1.88. The van der Waals surface area contributed by atoms with E-state index < -0.39 is 5.00 Å². The van der Waals surface area contributed by atoms with Crippen LogP contribution in [-0.2, 0) is 4.74 Å². The van der Waals surface area contributed by atoms with Gasteiger partial charge in [0.15, 0.2) is 0 Å². The zero-order valence-corrected chi connectivity index (χ0v) is 6.56. The van der Waals surface area contributed by atoms with Crippen LogP contribution in [0.3, 0.4) is 0 Å². The Morgan fingerprint density at radius 2 is 2.50 bits per heavy atom. The summed E-state index contributed by atoms with van der Waals surface area (Å²) in [6.45, 7) is 0. The number of ether oxygens (including phenoxy) is 1. The first-order valence-corrected chi connectivity index (χ1v) is 3.43. The molecule has 56 valence electrons. The molecule has 0 saturated heterocycles. The minimum absolute atomic E-state index is 0.619. The summed E-state index contributed by atoms with van der Waals surface area (Å²) in [5.41, 5.74) is 5.57. The Balaban J connectivity index is 2.63. The standard InChI is InChI=1S/C7H10ClNO/c1-10-6-2-4-7(8,9)5-3-6/h2-4H,5,9H2,1H3. The van der Waals surface area contributed by atoms with Gasteiger partial charge in [0.2, 0.25) is 0 Å². The smallest absolute Gasteiger partial charge is 0.114 e. The second-order valence-electron chi connectivity index (χ2n) is 2.27. The fraction of sp³-hybridized carbons (Fsp3) is 0.429. The zero-order chi connectivity index (χ0) is 7.61. The topological polar surface area (TPSA) is 35.2 Å². The number of hydrogen-bond donors (Lipinski definition) is 1. The molecule has 3 heteroatoms. The van der Waals surface area contributed by atoms with Crippen LogP contribution in [-0.4, -0.2) is 12.1 Å². The summed E-state index contributed by atoms with van der Waals surface area (Å²) in [7, 11) is 1.62. The first-order chi connectivity index (χ1) is 4.64. The van der Waals surface area contributed by atoms with Crippen molar-refractivity contribution in [3.63, 3.8) is 0 Å². The highest BCUT2D eigenvalue weighted by molar-refractivity contribution is 6.25. The van der Waals surface area contributed by atoms with Crippen LogP contribution in [0, 0.1) is 0 Å². The number of allylic oxidation sites excluding steroid dienone is 1. The normalized spacial score (nSPS) is 31.7. The van der Waals surface area contributed by atoms with E-state index in [0.717, 1.165) is 5.76 Å². The van der Waals surface area contributed by atoms with Crippen molar-refractivity contribution in [3.8, 4) is 0 Å². The Hall–Kier alpha value is -0.470. The summed E-state index contributed by atoms with van der Waals surface area (Å²) in [4.78, 5) is -0.706. The molecule has 0 amide bonds. The molecule has 0 radical (unpaired) electrons. The number of nitrogens with two attached hydrogens (primary N) is 1. The molecule has 0 heterocycles. The highest BCUT2D eigenvalue weighted by Crippen LogP contribution is 2.21. The van der Waals surface area contributed by atoms with Crippen molar-refractivity contribution in [1.82, 2.24) is 0 Å². The van der Waals surface area contributed by atoms with Crippen LogP contribution in [0.25, 0.3) is 0 Å². The molecule has 1 aliphatic rings. The summed E-state index contributed by atoms with van der Waals surface area (Å²) < 4.78 is 4.94. The minimum atomic E-state index is -0.706. The highest BCUT2D eigenvalue weighted by Gasteiger charge is 2.18. The Morgan fingerprint density at radius 1 is 1.80 bits per heavy atom. The molecule has 0 aromatic carbocycles. The van der Waals surface area contributed by atoms with Gasteiger partial charge in [-0.25, -0.2) is 0 Å². The van der Waals surface area contributed by atoms with Gasteiger partial charge in [-0.2, -0.15) is 0 Å². The number of rotatable bonds is 1. The maximum absolute atomic E-state index is 5.79. The fourth-order valence-corrected chi connectivity index (χ4v) is 0.905. The summed E-state index contributed by atoms with van der Waals surface area (Å²) in [5.74, 6) is 0.821. The van der Waals surface area contributed by atoms with Crippen LogP contribution in [0.2, 0.25) is 0 Å². The van der Waals surface area contributed by atoms with Gasteiger partial charge in [0.25, 0.3) is 0 Å². The molecule has 0 bridgehead atoms. The molecule has 0 aromatic heterocycles. The van der Waals surface area contributed by atoms with E-state index in [0.29, 0.717) is 6.42 Å². The van der Waals surface area contributed by atoms with Gasteiger partial charge in [-0.3, -0.25) is 0 Å². The molecule has 1 unspecified atom stereocenters. The van der Waals surface area contributed by atoms with Gasteiger partial charge in [0.05, 0.1) is 7.11 Å². The summed E-state index contributed by atoms with van der Waals surface area (Å²) >= 11 is 5.79. The largest absolute Gasteiger partial charge is 0.497 e. The lowest BCUT2D eigenvalue weighted by molar-refractivity contribution is 0.302. The lowest BCUT2D eigenvalue weighted by Crippen LogP contribution is -2.31. The Bertz CT molecular complexity index is 184. The molecule has 0 fully saturated rings. The maximum Gasteiger partial charge on any atom is 0.114 e. The molecule has 2 nitrogen and oxygen atoms in total. The molecule has 2 N–H and O–H groups in total. The first kappa shape index (κ1) is 7.63. The second-order valence-corrected chi connectivity index (χ2v) is 2.98. The van der Waals surface area contributed by atoms with E-state index >= 15 is 0 Å². The summed E-state index contributed by atoms with van der Waals surface area (Å²) in [6.07, 6.45) is 5.99. The lowest BCUT2D eigenvalue weighted by Gasteiger charge is -2.19. The van der Waals surface area contributed by atoms with Crippen molar-refractivity contribution >= 4 is 11.6 Å². The van der Waals surface area contributed by atoms with Crippen LogP contribution >= 0.6 is 11.6 Å². The van der Waals surface area contributed by atoms with Gasteiger partial charge in [-0.05, 0) is 18.2 Å². The SMILES string of the molecule is COC1=CCC(N)(Cl)C=C1. The highest BCUT2D eigenvalue weighted by atomic mass is 35.5. The molecule has 10 heavy (non-hydrogen) atoms. The second kappa shape index (κ2) is 2.64. The molecule has 0 aliphatic heterocycles. The summed E-state index contributed by atoms with van der Waals surface area (Å²) in [5, 5.41) is 0. The van der Waals surface area contributed by atoms with Gasteiger partial charge < -0.3 is 10.5 Å². The number of hydrogen-bond acceptors (Lipinski definition) is 2. The predicted octanol–water partition coefficient (Wildman–Crippen LogP) is 1.37. The molecule has 0 saturated carbocycles. The quantitative estimate of drug-likeness (QED) is 0.463. The van der Waals surface area contributed by atoms with Crippen LogP contribution < -0.4 is 5.73 Å². The van der Waals surface area contributed by atoms with E-state index in [1.165, 1.54) is 0 Å². The lowest BCUT2D eigenvalue weighted by atomic mass is 10.1. The number of methoxy groups -OCH3 is 1. The molecule has 0 spiro atoms. The van der Waals surface area contributed by atoms with E-state index in [9.17, 15) is 0 Å². The minimum Gasteiger partial charge on any atom is -0.497 e. The average molecular weight is 160 g/mol. The molecular formula is C7H10ClNO. The number of alkyl halides is 1. The number of halogens is 1. The van der Waals surface area contributed by atoms with E-state index in [-0.39, 0.29) is 0 Å². The molecule has 1 rings (SSSR count). The molecule has 1 atom stereocenters. The van der Waals surface area contributed by atoms with Crippen molar-refractivity contribution in [1.29, 1.82) is 0 Å². The first-order valence-electron chi connectivity index (χ1n) is 3.05. The Labute approximate surface area is 65.3 Å². The Kier molecular flexibility index (Phi) is 2.02. The third-order valence-corrected chi connectivity index (χ3v) is 1.66. The van der Waals surface area contributed by atoms with Gasteiger partial charge >= 0.3 is 0 Å². The van der Waals surface area contributed by atoms with E-state index in [1.54, 1.807) is 19.3 Å². The van der Waals surface area contributed by atoms with Crippen LogP contribution in [0.15, 0.2) is 24.0 Å². The fourth-order valence-electron chi connectivity index (χ4n) is 0.765. The van der Waals surface area contributed by atoms with Crippen molar-refractivity contribution in [3.05, 3.63) is 24.0 Å². The van der Waals surface area contributed by atoms with Gasteiger partial charge in [0.1, 0.15) is 10.8 Å². The molecule has 1 aliphatic carbocycles. The monoisotopic (exact) mass is 159 g/mol. The third kappa shape index (κ3) is 1.75. The van der Waals surface area contributed by atoms with Gasteiger partial charge in [-0.1, -0.05) is 11.6 Å². The predicted molar refractivity (Wildman–Crippen MR) is 41.6 cm³/mol. The third-order valence-electron chi connectivity index (χ3n) is 1.38. The summed E-state index contributed by atoms with van der Waals surface area (Å²) in [6, 6.07) is 0. The van der Waals surface area contributed by atoms with Crippen LogP contribution in [0.4, 0.5) is 0 Å².